The molecule has 0 bridgehead atoms. The fourth-order valence-electron chi connectivity index (χ4n) is 1.58. The minimum absolute atomic E-state index is 0.197. The van der Waals surface area contributed by atoms with Crippen LogP contribution in [0, 0.1) is 0 Å². The van der Waals surface area contributed by atoms with E-state index in [2.05, 4.69) is 28.2 Å². The Kier molecular flexibility index (Phi) is 8.17. The van der Waals surface area contributed by atoms with Gasteiger partial charge < -0.3 is 10.1 Å². The quantitative estimate of drug-likeness (QED) is 0.375. The maximum atomic E-state index is 11.8. The lowest BCUT2D eigenvalue weighted by Gasteiger charge is -2.26. The van der Waals surface area contributed by atoms with Gasteiger partial charge in [0.2, 0.25) is 15.9 Å². The fourth-order valence-corrected chi connectivity index (χ4v) is 2.14. The number of ether oxygens (including phenoxy) is 1. The van der Waals surface area contributed by atoms with Gasteiger partial charge in [0.15, 0.2) is 0 Å². The third kappa shape index (κ3) is 7.59. The highest BCUT2D eigenvalue weighted by molar-refractivity contribution is 9.10. The lowest BCUT2D eigenvalue weighted by Crippen LogP contribution is -2.47. The molecule has 21 heavy (non-hydrogen) atoms. The van der Waals surface area contributed by atoms with Gasteiger partial charge in [0, 0.05) is 10.9 Å². The van der Waals surface area contributed by atoms with Crippen LogP contribution in [0.4, 0.5) is 0 Å². The van der Waals surface area contributed by atoms with Gasteiger partial charge in [-0.15, -0.1) is 0 Å². The Hall–Kier alpha value is -0.160. The maximum absolute atomic E-state index is 11.8. The number of amides is 1. The van der Waals surface area contributed by atoms with Crippen LogP contribution in [0.25, 0.3) is 0 Å². The molecule has 1 aromatic carbocycles. The van der Waals surface area contributed by atoms with Crippen molar-refractivity contribution < 1.29 is 9.53 Å². The normalized spacial score (nSPS) is 12.8. The van der Waals surface area contributed by atoms with E-state index in [1.165, 1.54) is 0 Å². The second-order valence-electron chi connectivity index (χ2n) is 4.52. The van der Waals surface area contributed by atoms with Gasteiger partial charge in [-0.1, -0.05) is 70.5 Å². The highest BCUT2D eigenvalue weighted by atomic mass is 79.9. The molecule has 1 atom stereocenters. The van der Waals surface area contributed by atoms with Crippen LogP contribution in [-0.4, -0.2) is 15.9 Å². The first-order valence-electron chi connectivity index (χ1n) is 6.61. The Labute approximate surface area is 148 Å². The van der Waals surface area contributed by atoms with Gasteiger partial charge in [-0.25, -0.2) is 0 Å². The number of hydrogen-bond acceptors (Lipinski definition) is 2. The smallest absolute Gasteiger partial charge is 0.246 e. The average Bonchev–Trinajstić information content (AvgIpc) is 2.40. The highest BCUT2D eigenvalue weighted by Crippen LogP contribution is 2.32. The number of benzene rings is 1. The van der Waals surface area contributed by atoms with Crippen LogP contribution in [0.3, 0.4) is 0 Å². The van der Waals surface area contributed by atoms with E-state index in [0.29, 0.717) is 12.2 Å². The summed E-state index contributed by atoms with van der Waals surface area (Å²) in [6.45, 7) is 2.07. The summed E-state index contributed by atoms with van der Waals surface area (Å²) in [6.07, 6.45) is 2.16. The molecule has 0 aliphatic rings. The van der Waals surface area contributed by atoms with E-state index in [0.717, 1.165) is 23.7 Å². The predicted molar refractivity (Wildman–Crippen MR) is 91.1 cm³/mol. The Morgan fingerprint density at radius 3 is 2.43 bits per heavy atom. The van der Waals surface area contributed by atoms with Gasteiger partial charge in [0.25, 0.3) is 0 Å². The van der Waals surface area contributed by atoms with Crippen molar-refractivity contribution in [1.82, 2.24) is 5.32 Å². The molecule has 0 spiro atoms. The summed E-state index contributed by atoms with van der Waals surface area (Å²) < 4.78 is 4.71. The zero-order valence-corrected chi connectivity index (χ0v) is 15.4. The average molecular weight is 418 g/mol. The van der Waals surface area contributed by atoms with Crippen molar-refractivity contribution in [2.24, 2.45) is 0 Å². The van der Waals surface area contributed by atoms with Gasteiger partial charge in [-0.05, 0) is 30.7 Å². The number of carbonyl (C=O) groups excluding carboxylic acids is 1. The lowest BCUT2D eigenvalue weighted by molar-refractivity contribution is -0.123. The first-order chi connectivity index (χ1) is 9.82. The SMILES string of the molecule is CCCCCC(=O)N[C@@H](Oc1ccc(Br)cc1)C(Cl)(Cl)Cl. The maximum Gasteiger partial charge on any atom is 0.246 e. The number of unbranched alkanes of at least 4 members (excludes halogenated alkanes) is 2. The number of nitrogens with one attached hydrogen (secondary N) is 1. The van der Waals surface area contributed by atoms with Gasteiger partial charge in [-0.2, -0.15) is 0 Å². The Morgan fingerprint density at radius 2 is 1.90 bits per heavy atom. The van der Waals surface area contributed by atoms with E-state index >= 15 is 0 Å². The Morgan fingerprint density at radius 1 is 1.29 bits per heavy atom. The second kappa shape index (κ2) is 9.09. The summed E-state index contributed by atoms with van der Waals surface area (Å²) in [7, 11) is 0. The summed E-state index contributed by atoms with van der Waals surface area (Å²) in [4.78, 5) is 11.8. The first-order valence-corrected chi connectivity index (χ1v) is 8.54. The molecule has 0 aromatic heterocycles. The van der Waals surface area contributed by atoms with E-state index in [1.807, 2.05) is 0 Å². The Balaban J connectivity index is 2.64. The van der Waals surface area contributed by atoms with E-state index in [9.17, 15) is 4.79 Å². The number of alkyl halides is 3. The van der Waals surface area contributed by atoms with Gasteiger partial charge in [-0.3, -0.25) is 4.79 Å². The minimum Gasteiger partial charge on any atom is -0.466 e. The summed E-state index contributed by atoms with van der Waals surface area (Å²) >= 11 is 20.9. The molecule has 0 unspecified atom stereocenters. The largest absolute Gasteiger partial charge is 0.466 e. The zero-order valence-electron chi connectivity index (χ0n) is 11.5. The molecule has 0 aliphatic heterocycles. The number of hydrogen-bond donors (Lipinski definition) is 1. The summed E-state index contributed by atoms with van der Waals surface area (Å²) in [5.74, 6) is 0.306. The van der Waals surface area contributed by atoms with Crippen molar-refractivity contribution in [3.63, 3.8) is 0 Å². The van der Waals surface area contributed by atoms with Crippen LogP contribution in [0.15, 0.2) is 28.7 Å². The van der Waals surface area contributed by atoms with Crippen molar-refractivity contribution in [3.05, 3.63) is 28.7 Å². The van der Waals surface area contributed by atoms with Crippen molar-refractivity contribution in [2.75, 3.05) is 0 Å². The van der Waals surface area contributed by atoms with Gasteiger partial charge in [0.1, 0.15) is 5.75 Å². The standard InChI is InChI=1S/C14H17BrCl3NO2/c1-2-3-4-5-12(20)19-13(14(16,17)18)21-11-8-6-10(15)7-9-11/h6-9,13H,2-5H2,1H3,(H,19,20)/t13-/m0/s1. The van der Waals surface area contributed by atoms with E-state index in [4.69, 9.17) is 39.5 Å². The van der Waals surface area contributed by atoms with Crippen LogP contribution in [-0.2, 0) is 4.79 Å². The molecule has 0 fully saturated rings. The molecule has 1 aromatic rings. The summed E-state index contributed by atoms with van der Waals surface area (Å²) in [5, 5.41) is 2.61. The molecule has 3 nitrogen and oxygen atoms in total. The highest BCUT2D eigenvalue weighted by Gasteiger charge is 2.36. The fraction of sp³-hybridized carbons (Fsp3) is 0.500. The molecule has 0 aliphatic carbocycles. The molecule has 1 amide bonds. The van der Waals surface area contributed by atoms with Crippen LogP contribution >= 0.6 is 50.7 Å². The van der Waals surface area contributed by atoms with Gasteiger partial charge in [0.05, 0.1) is 0 Å². The molecular weight excluding hydrogens is 400 g/mol. The third-order valence-electron chi connectivity index (χ3n) is 2.66. The monoisotopic (exact) mass is 415 g/mol. The zero-order chi connectivity index (χ0) is 15.9. The van der Waals surface area contributed by atoms with Crippen LogP contribution in [0.5, 0.6) is 5.75 Å². The second-order valence-corrected chi connectivity index (χ2v) is 7.80. The molecule has 0 radical (unpaired) electrons. The third-order valence-corrected chi connectivity index (χ3v) is 3.79. The van der Waals surface area contributed by atoms with E-state index in [1.54, 1.807) is 24.3 Å². The van der Waals surface area contributed by atoms with Crippen molar-refractivity contribution in [2.45, 2.75) is 42.6 Å². The molecule has 1 rings (SSSR count). The molecular formula is C14H17BrCl3NO2. The topological polar surface area (TPSA) is 38.3 Å². The van der Waals surface area contributed by atoms with E-state index in [-0.39, 0.29) is 5.91 Å². The van der Waals surface area contributed by atoms with Crippen LogP contribution in [0.1, 0.15) is 32.6 Å². The Bertz CT molecular complexity index is 449. The van der Waals surface area contributed by atoms with Gasteiger partial charge >= 0.3 is 0 Å². The summed E-state index contributed by atoms with van der Waals surface area (Å²) in [6, 6.07) is 7.04. The lowest BCUT2D eigenvalue weighted by atomic mass is 10.2. The molecule has 0 saturated carbocycles. The number of rotatable bonds is 7. The molecule has 118 valence electrons. The van der Waals surface area contributed by atoms with Crippen molar-refractivity contribution in [3.8, 4) is 5.75 Å². The minimum atomic E-state index is -1.76. The van der Waals surface area contributed by atoms with Crippen LogP contribution < -0.4 is 10.1 Å². The molecule has 0 heterocycles. The predicted octanol–water partition coefficient (Wildman–Crippen LogP) is 5.22. The molecule has 7 heteroatoms. The van der Waals surface area contributed by atoms with Crippen molar-refractivity contribution in [1.29, 1.82) is 0 Å². The molecule has 1 N–H and O–H groups in total. The van der Waals surface area contributed by atoms with Crippen molar-refractivity contribution >= 4 is 56.6 Å². The van der Waals surface area contributed by atoms with Crippen LogP contribution in [0.2, 0.25) is 0 Å². The molecule has 0 saturated heterocycles. The number of halogens is 4. The van der Waals surface area contributed by atoms with E-state index < -0.39 is 10.0 Å². The first kappa shape index (κ1) is 18.9. The number of carbonyl (C=O) groups is 1. The summed E-state index contributed by atoms with van der Waals surface area (Å²) in [5.41, 5.74) is 0.